The van der Waals surface area contributed by atoms with Crippen molar-refractivity contribution in [2.24, 2.45) is 5.73 Å². The van der Waals surface area contributed by atoms with E-state index < -0.39 is 0 Å². The molecule has 0 spiro atoms. The van der Waals surface area contributed by atoms with E-state index in [2.05, 4.69) is 30.5 Å². The molecule has 0 saturated carbocycles. The van der Waals surface area contributed by atoms with Gasteiger partial charge in [-0.3, -0.25) is 4.90 Å². The maximum absolute atomic E-state index is 6.05. The first-order chi connectivity index (χ1) is 7.69. The highest BCUT2D eigenvalue weighted by Gasteiger charge is 2.42. The maximum Gasteiger partial charge on any atom is 0.0662 e. The topological polar surface area (TPSA) is 38.5 Å². The summed E-state index contributed by atoms with van der Waals surface area (Å²) in [4.78, 5) is 2.62. The van der Waals surface area contributed by atoms with Crippen LogP contribution < -0.4 is 5.73 Å². The Hall–Kier alpha value is 0.230. The minimum absolute atomic E-state index is 0.118. The summed E-state index contributed by atoms with van der Waals surface area (Å²) in [6.45, 7) is 8.29. The molecule has 0 aliphatic carbocycles. The van der Waals surface area contributed by atoms with E-state index in [0.717, 1.165) is 32.7 Å². The van der Waals surface area contributed by atoms with Gasteiger partial charge in [0.2, 0.25) is 0 Å². The average Bonchev–Trinajstić information content (AvgIpc) is 2.33. The van der Waals surface area contributed by atoms with Crippen LogP contribution in [0.2, 0.25) is 0 Å². The summed E-state index contributed by atoms with van der Waals surface area (Å²) in [5, 5.41) is 0.708. The molecule has 0 aromatic heterocycles. The summed E-state index contributed by atoms with van der Waals surface area (Å²) in [5.41, 5.74) is 6.17. The molecule has 16 heavy (non-hydrogen) atoms. The first-order valence-electron chi connectivity index (χ1n) is 6.36. The minimum atomic E-state index is 0.118. The van der Waals surface area contributed by atoms with Crippen LogP contribution in [0.1, 0.15) is 26.7 Å². The molecule has 4 heteroatoms. The SMILES string of the molecule is CC1SCCN(C2(CN)CCCOC2)C1C. The molecule has 2 fully saturated rings. The zero-order valence-corrected chi connectivity index (χ0v) is 11.3. The summed E-state index contributed by atoms with van der Waals surface area (Å²) in [7, 11) is 0. The Morgan fingerprint density at radius 2 is 2.31 bits per heavy atom. The van der Waals surface area contributed by atoms with Gasteiger partial charge in [0.15, 0.2) is 0 Å². The second-order valence-electron chi connectivity index (χ2n) is 5.09. The van der Waals surface area contributed by atoms with Crippen molar-refractivity contribution in [1.82, 2.24) is 4.90 Å². The average molecular weight is 244 g/mol. The highest BCUT2D eigenvalue weighted by molar-refractivity contribution is 8.00. The van der Waals surface area contributed by atoms with E-state index in [9.17, 15) is 0 Å². The third kappa shape index (κ3) is 2.26. The highest BCUT2D eigenvalue weighted by Crippen LogP contribution is 2.34. The number of rotatable bonds is 2. The fraction of sp³-hybridized carbons (Fsp3) is 1.00. The molecule has 3 nitrogen and oxygen atoms in total. The second kappa shape index (κ2) is 5.25. The van der Waals surface area contributed by atoms with E-state index in [-0.39, 0.29) is 5.54 Å². The molecule has 0 bridgehead atoms. The molecule has 3 unspecified atom stereocenters. The highest BCUT2D eigenvalue weighted by atomic mass is 32.2. The second-order valence-corrected chi connectivity index (χ2v) is 6.58. The molecule has 94 valence electrons. The van der Waals surface area contributed by atoms with Crippen molar-refractivity contribution in [2.75, 3.05) is 32.1 Å². The molecule has 0 aromatic carbocycles. The van der Waals surface area contributed by atoms with Crippen molar-refractivity contribution < 1.29 is 4.74 Å². The lowest BCUT2D eigenvalue weighted by atomic mass is 9.88. The summed E-state index contributed by atoms with van der Waals surface area (Å²) in [5.74, 6) is 1.23. The zero-order chi connectivity index (χ0) is 11.6. The smallest absolute Gasteiger partial charge is 0.0662 e. The standard InChI is InChI=1S/C12H24N2OS/c1-10-11(2)16-7-5-14(10)12(8-13)4-3-6-15-9-12/h10-11H,3-9,13H2,1-2H3. The van der Waals surface area contributed by atoms with Crippen LogP contribution in [0.5, 0.6) is 0 Å². The molecule has 2 aliphatic rings. The van der Waals surface area contributed by atoms with E-state index in [4.69, 9.17) is 10.5 Å². The molecule has 2 aliphatic heterocycles. The van der Waals surface area contributed by atoms with Gasteiger partial charge < -0.3 is 10.5 Å². The minimum Gasteiger partial charge on any atom is -0.379 e. The van der Waals surface area contributed by atoms with E-state index in [0.29, 0.717) is 11.3 Å². The predicted molar refractivity (Wildman–Crippen MR) is 69.9 cm³/mol. The van der Waals surface area contributed by atoms with Gasteiger partial charge >= 0.3 is 0 Å². The molecule has 2 saturated heterocycles. The van der Waals surface area contributed by atoms with Crippen LogP contribution in [-0.4, -0.2) is 53.8 Å². The Kier molecular flexibility index (Phi) is 4.16. The number of hydrogen-bond donors (Lipinski definition) is 1. The third-order valence-electron chi connectivity index (χ3n) is 4.17. The van der Waals surface area contributed by atoms with Crippen molar-refractivity contribution in [3.8, 4) is 0 Å². The van der Waals surface area contributed by atoms with Crippen molar-refractivity contribution >= 4 is 11.8 Å². The van der Waals surface area contributed by atoms with Crippen molar-refractivity contribution in [1.29, 1.82) is 0 Å². The Morgan fingerprint density at radius 1 is 1.50 bits per heavy atom. The number of ether oxygens (including phenoxy) is 1. The molecule has 0 aromatic rings. The summed E-state index contributed by atoms with van der Waals surface area (Å²) >= 11 is 2.08. The van der Waals surface area contributed by atoms with E-state index >= 15 is 0 Å². The lowest BCUT2D eigenvalue weighted by Crippen LogP contribution is -2.64. The summed E-state index contributed by atoms with van der Waals surface area (Å²) in [6.07, 6.45) is 2.35. The van der Waals surface area contributed by atoms with E-state index in [1.54, 1.807) is 0 Å². The van der Waals surface area contributed by atoms with Gasteiger partial charge in [0.05, 0.1) is 12.1 Å². The number of nitrogens with zero attached hydrogens (tertiary/aromatic N) is 1. The fourth-order valence-electron chi connectivity index (χ4n) is 2.94. The molecule has 0 amide bonds. The van der Waals surface area contributed by atoms with E-state index in [1.807, 2.05) is 0 Å². The van der Waals surface area contributed by atoms with Gasteiger partial charge in [-0.05, 0) is 19.8 Å². The molecule has 3 atom stereocenters. The lowest BCUT2D eigenvalue weighted by Gasteiger charge is -2.51. The summed E-state index contributed by atoms with van der Waals surface area (Å²) < 4.78 is 5.68. The van der Waals surface area contributed by atoms with Gasteiger partial charge in [0.1, 0.15) is 0 Å². The Bertz CT molecular complexity index is 231. The molecular weight excluding hydrogens is 220 g/mol. The predicted octanol–water partition coefficient (Wildman–Crippen LogP) is 1.32. The van der Waals surface area contributed by atoms with Gasteiger partial charge in [-0.15, -0.1) is 0 Å². The third-order valence-corrected chi connectivity index (χ3v) is 5.51. The van der Waals surface area contributed by atoms with Crippen molar-refractivity contribution in [3.05, 3.63) is 0 Å². The molecular formula is C12H24N2OS. The van der Waals surface area contributed by atoms with Crippen LogP contribution in [0, 0.1) is 0 Å². The van der Waals surface area contributed by atoms with Crippen LogP contribution >= 0.6 is 11.8 Å². The normalized spacial score (nSPS) is 42.2. The molecule has 2 N–H and O–H groups in total. The van der Waals surface area contributed by atoms with Gasteiger partial charge in [-0.25, -0.2) is 0 Å². The van der Waals surface area contributed by atoms with Crippen LogP contribution in [0.3, 0.4) is 0 Å². The summed E-state index contributed by atoms with van der Waals surface area (Å²) in [6, 6.07) is 0.615. The van der Waals surface area contributed by atoms with Crippen molar-refractivity contribution in [2.45, 2.75) is 43.5 Å². The number of nitrogens with two attached hydrogens (primary N) is 1. The lowest BCUT2D eigenvalue weighted by molar-refractivity contribution is -0.0590. The molecule has 0 radical (unpaired) electrons. The quantitative estimate of drug-likeness (QED) is 0.795. The molecule has 2 rings (SSSR count). The van der Waals surface area contributed by atoms with Crippen LogP contribution in [0.25, 0.3) is 0 Å². The molecule has 2 heterocycles. The van der Waals surface area contributed by atoms with Crippen LogP contribution in [-0.2, 0) is 4.74 Å². The van der Waals surface area contributed by atoms with Crippen LogP contribution in [0.4, 0.5) is 0 Å². The Balaban J connectivity index is 2.12. The fourth-order valence-corrected chi connectivity index (χ4v) is 4.04. The maximum atomic E-state index is 6.05. The van der Waals surface area contributed by atoms with Crippen LogP contribution in [0.15, 0.2) is 0 Å². The Labute approximate surface area is 103 Å². The van der Waals surface area contributed by atoms with Gasteiger partial charge in [0.25, 0.3) is 0 Å². The Morgan fingerprint density at radius 3 is 2.94 bits per heavy atom. The van der Waals surface area contributed by atoms with Crippen molar-refractivity contribution in [3.63, 3.8) is 0 Å². The first-order valence-corrected chi connectivity index (χ1v) is 7.41. The number of hydrogen-bond acceptors (Lipinski definition) is 4. The van der Waals surface area contributed by atoms with Gasteiger partial charge in [-0.2, -0.15) is 11.8 Å². The number of thioether (sulfide) groups is 1. The van der Waals surface area contributed by atoms with E-state index in [1.165, 1.54) is 12.2 Å². The van der Waals surface area contributed by atoms with Gasteiger partial charge in [-0.1, -0.05) is 6.92 Å². The van der Waals surface area contributed by atoms with Gasteiger partial charge in [0, 0.05) is 36.7 Å². The zero-order valence-electron chi connectivity index (χ0n) is 10.4. The largest absolute Gasteiger partial charge is 0.379 e. The monoisotopic (exact) mass is 244 g/mol. The first kappa shape index (κ1) is 12.7.